The van der Waals surface area contributed by atoms with Crippen molar-refractivity contribution in [3.05, 3.63) is 69.0 Å². The zero-order valence-electron chi connectivity index (χ0n) is 11.7. The molecule has 5 heteroatoms. The van der Waals surface area contributed by atoms with Crippen LogP contribution in [0.4, 0.5) is 15.8 Å². The summed E-state index contributed by atoms with van der Waals surface area (Å²) in [6.07, 6.45) is 0.884. The van der Waals surface area contributed by atoms with Crippen molar-refractivity contribution < 1.29 is 9.31 Å². The molecular formula is C16H15FN2O2. The highest BCUT2D eigenvalue weighted by Gasteiger charge is 2.24. The van der Waals surface area contributed by atoms with Gasteiger partial charge in [0.25, 0.3) is 5.69 Å². The van der Waals surface area contributed by atoms with Gasteiger partial charge in [0, 0.05) is 30.4 Å². The Morgan fingerprint density at radius 3 is 2.67 bits per heavy atom. The third-order valence-corrected chi connectivity index (χ3v) is 3.87. The Hall–Kier alpha value is -2.43. The zero-order valence-corrected chi connectivity index (χ0v) is 11.7. The summed E-state index contributed by atoms with van der Waals surface area (Å²) in [7, 11) is 0. The fourth-order valence-corrected chi connectivity index (χ4v) is 2.79. The van der Waals surface area contributed by atoms with E-state index in [1.54, 1.807) is 25.1 Å². The SMILES string of the molecule is Cc1cc2c(cc1[N+](=O)[O-])N(Cc1ccc(F)cc1)CC2. The van der Waals surface area contributed by atoms with Gasteiger partial charge >= 0.3 is 0 Å². The molecule has 0 spiro atoms. The van der Waals surface area contributed by atoms with Gasteiger partial charge < -0.3 is 4.90 Å². The highest BCUT2D eigenvalue weighted by atomic mass is 19.1. The number of halogens is 1. The number of hydrogen-bond acceptors (Lipinski definition) is 3. The molecule has 0 bridgehead atoms. The topological polar surface area (TPSA) is 46.4 Å². The van der Waals surface area contributed by atoms with E-state index in [-0.39, 0.29) is 16.4 Å². The molecule has 0 radical (unpaired) electrons. The second kappa shape index (κ2) is 5.16. The van der Waals surface area contributed by atoms with Gasteiger partial charge in [0.1, 0.15) is 5.82 Å². The third kappa shape index (κ3) is 2.59. The molecule has 2 aromatic carbocycles. The van der Waals surface area contributed by atoms with E-state index >= 15 is 0 Å². The number of nitro groups is 1. The minimum atomic E-state index is -0.343. The average molecular weight is 286 g/mol. The zero-order chi connectivity index (χ0) is 15.0. The van der Waals surface area contributed by atoms with Crippen LogP contribution in [-0.2, 0) is 13.0 Å². The molecule has 0 aliphatic carbocycles. The molecule has 0 unspecified atom stereocenters. The molecule has 0 saturated heterocycles. The van der Waals surface area contributed by atoms with E-state index in [2.05, 4.69) is 4.90 Å². The van der Waals surface area contributed by atoms with E-state index in [1.807, 2.05) is 6.07 Å². The summed E-state index contributed by atoms with van der Waals surface area (Å²) in [5.41, 5.74) is 3.89. The molecule has 1 aliphatic rings. The predicted molar refractivity (Wildman–Crippen MR) is 79.0 cm³/mol. The molecule has 0 fully saturated rings. The third-order valence-electron chi connectivity index (χ3n) is 3.87. The standard InChI is InChI=1S/C16H15FN2O2/c1-11-8-13-6-7-18(16(13)9-15(11)19(20)21)10-12-2-4-14(17)5-3-12/h2-5,8-9H,6-7,10H2,1H3. The monoisotopic (exact) mass is 286 g/mol. The van der Waals surface area contributed by atoms with E-state index in [0.29, 0.717) is 12.1 Å². The van der Waals surface area contributed by atoms with Crippen LogP contribution in [-0.4, -0.2) is 11.5 Å². The Kier molecular flexibility index (Phi) is 3.33. The summed E-state index contributed by atoms with van der Waals surface area (Å²) < 4.78 is 12.9. The first-order valence-electron chi connectivity index (χ1n) is 6.82. The summed E-state index contributed by atoms with van der Waals surface area (Å²) in [5, 5.41) is 11.1. The Labute approximate surface area is 122 Å². The fraction of sp³-hybridized carbons (Fsp3) is 0.250. The average Bonchev–Trinajstić information content (AvgIpc) is 2.82. The van der Waals surface area contributed by atoms with Gasteiger partial charge in [0.05, 0.1) is 4.92 Å². The lowest BCUT2D eigenvalue weighted by Crippen LogP contribution is -2.19. The molecule has 1 aliphatic heterocycles. The van der Waals surface area contributed by atoms with Crippen LogP contribution in [0.3, 0.4) is 0 Å². The number of nitrogens with zero attached hydrogens (tertiary/aromatic N) is 2. The number of nitro benzene ring substituents is 1. The molecule has 0 atom stereocenters. The smallest absolute Gasteiger partial charge is 0.274 e. The summed E-state index contributed by atoms with van der Waals surface area (Å²) >= 11 is 0. The highest BCUT2D eigenvalue weighted by Crippen LogP contribution is 2.34. The van der Waals surface area contributed by atoms with Gasteiger partial charge in [-0.3, -0.25) is 10.1 Å². The van der Waals surface area contributed by atoms with E-state index < -0.39 is 0 Å². The maximum Gasteiger partial charge on any atom is 0.274 e. The molecule has 3 rings (SSSR count). The maximum absolute atomic E-state index is 12.9. The molecule has 0 amide bonds. The first kappa shape index (κ1) is 13.5. The molecule has 0 N–H and O–H groups in total. The molecule has 21 heavy (non-hydrogen) atoms. The highest BCUT2D eigenvalue weighted by molar-refractivity contribution is 5.65. The number of hydrogen-bond donors (Lipinski definition) is 0. The minimum absolute atomic E-state index is 0.153. The van der Waals surface area contributed by atoms with Crippen LogP contribution in [0.25, 0.3) is 0 Å². The van der Waals surface area contributed by atoms with E-state index in [4.69, 9.17) is 0 Å². The lowest BCUT2D eigenvalue weighted by atomic mass is 10.1. The second-order valence-electron chi connectivity index (χ2n) is 5.32. The lowest BCUT2D eigenvalue weighted by molar-refractivity contribution is -0.385. The fourth-order valence-electron chi connectivity index (χ4n) is 2.79. The molecule has 2 aromatic rings. The molecule has 108 valence electrons. The van der Waals surface area contributed by atoms with Gasteiger partial charge in [0.15, 0.2) is 0 Å². The van der Waals surface area contributed by atoms with Gasteiger partial charge in [-0.2, -0.15) is 0 Å². The van der Waals surface area contributed by atoms with Crippen molar-refractivity contribution in [1.29, 1.82) is 0 Å². The number of anilines is 1. The predicted octanol–water partition coefficient (Wildman–Crippen LogP) is 3.61. The second-order valence-corrected chi connectivity index (χ2v) is 5.32. The van der Waals surface area contributed by atoms with Crippen molar-refractivity contribution in [2.75, 3.05) is 11.4 Å². The Morgan fingerprint density at radius 1 is 1.29 bits per heavy atom. The van der Waals surface area contributed by atoms with Crippen molar-refractivity contribution in [1.82, 2.24) is 0 Å². The van der Waals surface area contributed by atoms with E-state index in [1.165, 1.54) is 12.1 Å². The number of benzene rings is 2. The molecule has 4 nitrogen and oxygen atoms in total. The van der Waals surface area contributed by atoms with Crippen molar-refractivity contribution in [3.63, 3.8) is 0 Å². The lowest BCUT2D eigenvalue weighted by Gasteiger charge is -2.19. The van der Waals surface area contributed by atoms with E-state index in [9.17, 15) is 14.5 Å². The van der Waals surface area contributed by atoms with Crippen LogP contribution in [0.2, 0.25) is 0 Å². The molecule has 0 aromatic heterocycles. The van der Waals surface area contributed by atoms with Crippen LogP contribution in [0.15, 0.2) is 36.4 Å². The summed E-state index contributed by atoms with van der Waals surface area (Å²) in [4.78, 5) is 12.8. The van der Waals surface area contributed by atoms with Crippen molar-refractivity contribution in [3.8, 4) is 0 Å². The van der Waals surface area contributed by atoms with Gasteiger partial charge in [-0.05, 0) is 42.7 Å². The molecule has 1 heterocycles. The first-order chi connectivity index (χ1) is 10.0. The van der Waals surface area contributed by atoms with Crippen LogP contribution in [0.1, 0.15) is 16.7 Å². The maximum atomic E-state index is 12.9. The first-order valence-corrected chi connectivity index (χ1v) is 6.82. The summed E-state index contributed by atoms with van der Waals surface area (Å²) in [6, 6.07) is 9.92. The van der Waals surface area contributed by atoms with Crippen molar-refractivity contribution in [2.45, 2.75) is 19.9 Å². The number of aryl methyl sites for hydroxylation is 1. The van der Waals surface area contributed by atoms with Crippen LogP contribution >= 0.6 is 0 Å². The molecular weight excluding hydrogens is 271 g/mol. The minimum Gasteiger partial charge on any atom is -0.366 e. The van der Waals surface area contributed by atoms with Gasteiger partial charge in [-0.15, -0.1) is 0 Å². The van der Waals surface area contributed by atoms with Crippen molar-refractivity contribution in [2.24, 2.45) is 0 Å². The Balaban J connectivity index is 1.90. The van der Waals surface area contributed by atoms with Crippen LogP contribution < -0.4 is 4.90 Å². The molecule has 0 saturated carbocycles. The van der Waals surface area contributed by atoms with Crippen LogP contribution in [0.5, 0.6) is 0 Å². The van der Waals surface area contributed by atoms with Gasteiger partial charge in [0.2, 0.25) is 0 Å². The normalized spacial score (nSPS) is 13.3. The quantitative estimate of drug-likeness (QED) is 0.639. The largest absolute Gasteiger partial charge is 0.366 e. The summed E-state index contributed by atoms with van der Waals surface area (Å²) in [5.74, 6) is -0.258. The summed E-state index contributed by atoms with van der Waals surface area (Å²) in [6.45, 7) is 3.22. The number of rotatable bonds is 3. The van der Waals surface area contributed by atoms with Crippen LogP contribution in [0, 0.1) is 22.9 Å². The van der Waals surface area contributed by atoms with Crippen molar-refractivity contribution >= 4 is 11.4 Å². The number of fused-ring (bicyclic) bond motifs is 1. The Bertz CT molecular complexity index is 698. The van der Waals surface area contributed by atoms with Gasteiger partial charge in [-0.25, -0.2) is 4.39 Å². The Morgan fingerprint density at radius 2 is 2.00 bits per heavy atom. The van der Waals surface area contributed by atoms with Gasteiger partial charge in [-0.1, -0.05) is 12.1 Å². The van der Waals surface area contributed by atoms with E-state index in [0.717, 1.165) is 29.8 Å².